The average molecular weight is 597 g/mol. The second-order valence-corrected chi connectivity index (χ2v) is 11.0. The fourth-order valence-electron chi connectivity index (χ4n) is 5.25. The van der Waals surface area contributed by atoms with E-state index in [4.69, 9.17) is 14.2 Å². The number of benzene rings is 3. The van der Waals surface area contributed by atoms with Crippen LogP contribution in [0.25, 0.3) is 0 Å². The van der Waals surface area contributed by atoms with E-state index in [1.165, 1.54) is 26.1 Å². The van der Waals surface area contributed by atoms with E-state index in [1.54, 1.807) is 18.2 Å². The Kier molecular flexibility index (Phi) is 9.50. The topological polar surface area (TPSA) is 101 Å². The molecule has 0 bridgehead atoms. The molecule has 0 radical (unpaired) electrons. The fourth-order valence-corrected chi connectivity index (χ4v) is 5.25. The van der Waals surface area contributed by atoms with Crippen molar-refractivity contribution in [2.24, 2.45) is 0 Å². The van der Waals surface area contributed by atoms with E-state index in [2.05, 4.69) is 56.4 Å². The number of para-hydroxylation sites is 2. The molecule has 5 rings (SSSR count). The number of hydrogen-bond donors (Lipinski definition) is 2. The number of aromatic nitrogens is 2. The number of nitrogens with one attached hydrogen (secondary N) is 2. The summed E-state index contributed by atoms with van der Waals surface area (Å²) in [5.74, 6) is 1.08. The third-order valence-electron chi connectivity index (χ3n) is 7.83. The number of piperazine rings is 1. The lowest BCUT2D eigenvalue weighted by molar-refractivity contribution is 0.102. The Morgan fingerprint density at radius 3 is 2.07 bits per heavy atom. The van der Waals surface area contributed by atoms with E-state index in [9.17, 15) is 4.79 Å². The van der Waals surface area contributed by atoms with Crippen LogP contribution in [0.3, 0.4) is 0 Å². The zero-order chi connectivity index (χ0) is 31.2. The Labute approximate surface area is 259 Å². The van der Waals surface area contributed by atoms with Gasteiger partial charge in [-0.15, -0.1) is 0 Å². The Hall–Kier alpha value is -4.83. The van der Waals surface area contributed by atoms with Crippen LogP contribution in [-0.4, -0.2) is 67.2 Å². The minimum atomic E-state index is -0.403. The van der Waals surface area contributed by atoms with Gasteiger partial charge in [0, 0.05) is 55.5 Å². The van der Waals surface area contributed by atoms with Crippen molar-refractivity contribution in [1.29, 1.82) is 0 Å². The molecule has 10 heteroatoms. The number of aryl methyl sites for hydroxylation is 2. The van der Waals surface area contributed by atoms with Crippen LogP contribution in [0.1, 0.15) is 35.3 Å². The van der Waals surface area contributed by atoms with E-state index in [1.807, 2.05) is 44.2 Å². The summed E-state index contributed by atoms with van der Waals surface area (Å²) in [7, 11) is 3.08. The number of nitrogens with zero attached hydrogens (tertiary/aromatic N) is 4. The molecule has 2 N–H and O–H groups in total. The van der Waals surface area contributed by atoms with E-state index in [-0.39, 0.29) is 17.4 Å². The average Bonchev–Trinajstić information content (AvgIpc) is 3.03. The van der Waals surface area contributed by atoms with Crippen LogP contribution in [0.4, 0.5) is 23.0 Å². The predicted molar refractivity (Wildman–Crippen MR) is 174 cm³/mol. The predicted octanol–water partition coefficient (Wildman–Crippen LogP) is 6.43. The smallest absolute Gasteiger partial charge is 0.262 e. The van der Waals surface area contributed by atoms with E-state index < -0.39 is 5.91 Å². The molecular formula is C34H40N6O4. The molecule has 1 amide bonds. The largest absolute Gasteiger partial charge is 0.493 e. The number of amides is 1. The second-order valence-electron chi connectivity index (χ2n) is 11.0. The number of rotatable bonds is 10. The normalized spacial score (nSPS) is 13.5. The summed E-state index contributed by atoms with van der Waals surface area (Å²) in [5, 5.41) is 6.25. The Bertz CT molecular complexity index is 1560. The first kappa shape index (κ1) is 30.6. The molecule has 10 nitrogen and oxygen atoms in total. The van der Waals surface area contributed by atoms with Crippen molar-refractivity contribution in [3.8, 4) is 23.1 Å². The molecule has 0 spiro atoms. The maximum atomic E-state index is 13.6. The highest BCUT2D eigenvalue weighted by molar-refractivity contribution is 6.06. The number of ether oxygens (including phenoxy) is 3. The van der Waals surface area contributed by atoms with Gasteiger partial charge in [-0.3, -0.25) is 9.69 Å². The second kappa shape index (κ2) is 13.6. The Morgan fingerprint density at radius 1 is 0.864 bits per heavy atom. The van der Waals surface area contributed by atoms with Gasteiger partial charge in [-0.25, -0.2) is 4.98 Å². The zero-order valence-electron chi connectivity index (χ0n) is 26.2. The van der Waals surface area contributed by atoms with Gasteiger partial charge in [-0.1, -0.05) is 24.3 Å². The molecule has 230 valence electrons. The summed E-state index contributed by atoms with van der Waals surface area (Å²) in [6, 6.07) is 19.9. The summed E-state index contributed by atoms with van der Waals surface area (Å²) < 4.78 is 17.3. The molecule has 1 fully saturated rings. The lowest BCUT2D eigenvalue weighted by atomic mass is 10.1. The van der Waals surface area contributed by atoms with Gasteiger partial charge in [-0.2, -0.15) is 4.98 Å². The molecule has 44 heavy (non-hydrogen) atoms. The highest BCUT2D eigenvalue weighted by atomic mass is 16.5. The molecule has 1 aliphatic rings. The van der Waals surface area contributed by atoms with E-state index >= 15 is 0 Å². The van der Waals surface area contributed by atoms with Crippen LogP contribution in [0.2, 0.25) is 0 Å². The lowest BCUT2D eigenvalue weighted by Gasteiger charge is -2.38. The van der Waals surface area contributed by atoms with E-state index in [0.717, 1.165) is 48.7 Å². The summed E-state index contributed by atoms with van der Waals surface area (Å²) in [6.07, 6.45) is 1.46. The standard InChI is InChI=1S/C34H40N6O4/c1-22(2)39-17-19-40(20-18-39)26-15-13-25(14-16-26)36-34-35-21-27(32(41)37-30-23(3)9-7-10-24(30)4)33(38-34)44-31-28(42-5)11-8-12-29(31)43-6/h7-16,21-22H,17-20H2,1-6H3,(H,37,41)(H,35,36,38). The van der Waals surface area contributed by atoms with Crippen molar-refractivity contribution in [2.75, 3.05) is 55.9 Å². The van der Waals surface area contributed by atoms with Gasteiger partial charge in [-0.05, 0) is 75.2 Å². The molecule has 0 unspecified atom stereocenters. The van der Waals surface area contributed by atoms with Crippen LogP contribution in [0, 0.1) is 13.8 Å². The first-order valence-corrected chi connectivity index (χ1v) is 14.8. The van der Waals surface area contributed by atoms with Crippen LogP contribution >= 0.6 is 0 Å². The van der Waals surface area contributed by atoms with Crippen molar-refractivity contribution in [3.05, 3.63) is 83.6 Å². The highest BCUT2D eigenvalue weighted by Crippen LogP contribution is 2.40. The van der Waals surface area contributed by atoms with Crippen LogP contribution < -0.4 is 29.7 Å². The zero-order valence-corrected chi connectivity index (χ0v) is 26.2. The first-order chi connectivity index (χ1) is 21.3. The first-order valence-electron chi connectivity index (χ1n) is 14.8. The minimum Gasteiger partial charge on any atom is -0.493 e. The molecular weight excluding hydrogens is 556 g/mol. The molecule has 0 saturated carbocycles. The quantitative estimate of drug-likeness (QED) is 0.214. The molecule has 2 heterocycles. The summed E-state index contributed by atoms with van der Waals surface area (Å²) in [5.41, 5.74) is 4.75. The molecule has 0 atom stereocenters. The minimum absolute atomic E-state index is 0.0497. The third kappa shape index (κ3) is 6.86. The number of hydrogen-bond acceptors (Lipinski definition) is 9. The molecule has 3 aromatic carbocycles. The highest BCUT2D eigenvalue weighted by Gasteiger charge is 2.23. The Morgan fingerprint density at radius 2 is 1.48 bits per heavy atom. The van der Waals surface area contributed by atoms with Gasteiger partial charge in [0.1, 0.15) is 5.56 Å². The molecule has 1 aromatic heterocycles. The maximum absolute atomic E-state index is 13.6. The van der Waals surface area contributed by atoms with Gasteiger partial charge < -0.3 is 29.7 Å². The molecule has 4 aromatic rings. The van der Waals surface area contributed by atoms with Crippen LogP contribution in [0.15, 0.2) is 66.9 Å². The number of carbonyl (C=O) groups is 1. The van der Waals surface area contributed by atoms with Crippen molar-refractivity contribution >= 4 is 28.9 Å². The van der Waals surface area contributed by atoms with Crippen molar-refractivity contribution in [1.82, 2.24) is 14.9 Å². The van der Waals surface area contributed by atoms with Crippen molar-refractivity contribution in [2.45, 2.75) is 33.7 Å². The fraction of sp³-hybridized carbons (Fsp3) is 0.324. The van der Waals surface area contributed by atoms with Crippen molar-refractivity contribution in [3.63, 3.8) is 0 Å². The van der Waals surface area contributed by atoms with Crippen LogP contribution in [0.5, 0.6) is 23.1 Å². The molecule has 1 aliphatic heterocycles. The molecule has 0 aliphatic carbocycles. The number of methoxy groups -OCH3 is 2. The van der Waals surface area contributed by atoms with Crippen LogP contribution in [-0.2, 0) is 0 Å². The maximum Gasteiger partial charge on any atom is 0.262 e. The van der Waals surface area contributed by atoms with Gasteiger partial charge >= 0.3 is 0 Å². The SMILES string of the molecule is COc1cccc(OC)c1Oc1nc(Nc2ccc(N3CCN(C(C)C)CC3)cc2)ncc1C(=O)Nc1c(C)cccc1C. The van der Waals surface area contributed by atoms with Gasteiger partial charge in [0.2, 0.25) is 17.6 Å². The van der Waals surface area contributed by atoms with Gasteiger partial charge in [0.15, 0.2) is 11.5 Å². The number of carbonyl (C=O) groups excluding carboxylic acids is 1. The third-order valence-corrected chi connectivity index (χ3v) is 7.83. The van der Waals surface area contributed by atoms with E-state index in [0.29, 0.717) is 23.3 Å². The van der Waals surface area contributed by atoms with Gasteiger partial charge in [0.05, 0.1) is 14.2 Å². The summed E-state index contributed by atoms with van der Waals surface area (Å²) >= 11 is 0. The summed E-state index contributed by atoms with van der Waals surface area (Å²) in [6.45, 7) is 12.5. The monoisotopic (exact) mass is 596 g/mol. The summed E-state index contributed by atoms with van der Waals surface area (Å²) in [4.78, 5) is 27.6. The Balaban J connectivity index is 1.42. The molecule has 1 saturated heterocycles. The lowest BCUT2D eigenvalue weighted by Crippen LogP contribution is -2.48. The van der Waals surface area contributed by atoms with Gasteiger partial charge in [0.25, 0.3) is 5.91 Å². The van der Waals surface area contributed by atoms with Crippen molar-refractivity contribution < 1.29 is 19.0 Å². The number of anilines is 4.